The second-order valence-electron chi connectivity index (χ2n) is 7.04. The Hall–Kier alpha value is -2.86. The maximum Gasteiger partial charge on any atom is 0.223 e. The number of amides is 1. The summed E-state index contributed by atoms with van der Waals surface area (Å²) in [4.78, 5) is 16.8. The third kappa shape index (κ3) is 4.59. The van der Waals surface area contributed by atoms with Gasteiger partial charge in [-0.1, -0.05) is 28.9 Å². The number of carbonyl (C=O) groups is 1. The lowest BCUT2D eigenvalue weighted by Crippen LogP contribution is -2.48. The first-order chi connectivity index (χ1) is 14.1. The number of aromatic nitrogens is 1. The minimum absolute atomic E-state index is 0.104. The number of halogens is 2. The van der Waals surface area contributed by atoms with E-state index < -0.39 is 0 Å². The number of hydrogen-bond acceptors (Lipinski definition) is 4. The lowest BCUT2D eigenvalue weighted by molar-refractivity contribution is -0.131. The van der Waals surface area contributed by atoms with E-state index in [2.05, 4.69) is 10.1 Å². The molecule has 29 heavy (non-hydrogen) atoms. The van der Waals surface area contributed by atoms with Crippen LogP contribution in [0.1, 0.15) is 12.0 Å². The summed E-state index contributed by atoms with van der Waals surface area (Å²) in [7, 11) is 0. The molecule has 0 atom stereocenters. The van der Waals surface area contributed by atoms with Crippen molar-refractivity contribution in [3.8, 4) is 11.3 Å². The van der Waals surface area contributed by atoms with E-state index >= 15 is 0 Å². The number of anilines is 1. The van der Waals surface area contributed by atoms with E-state index in [1.54, 1.807) is 12.1 Å². The van der Waals surface area contributed by atoms with Gasteiger partial charge < -0.3 is 14.3 Å². The van der Waals surface area contributed by atoms with Crippen molar-refractivity contribution in [1.29, 1.82) is 0 Å². The van der Waals surface area contributed by atoms with Crippen molar-refractivity contribution >= 4 is 23.2 Å². The molecule has 0 spiro atoms. The van der Waals surface area contributed by atoms with Crippen molar-refractivity contribution in [3.63, 3.8) is 0 Å². The first-order valence-electron chi connectivity index (χ1n) is 9.57. The highest BCUT2D eigenvalue weighted by Gasteiger charge is 2.22. The molecule has 4 rings (SSSR count). The Labute approximate surface area is 173 Å². The molecule has 1 amide bonds. The van der Waals surface area contributed by atoms with Crippen LogP contribution in [0.2, 0.25) is 5.02 Å². The molecule has 3 aromatic rings. The highest BCUT2D eigenvalue weighted by atomic mass is 35.5. The van der Waals surface area contributed by atoms with Gasteiger partial charge >= 0.3 is 0 Å². The molecule has 150 valence electrons. The first kappa shape index (κ1) is 19.5. The van der Waals surface area contributed by atoms with Gasteiger partial charge in [0, 0.05) is 54.4 Å². The molecule has 7 heteroatoms. The topological polar surface area (TPSA) is 49.6 Å². The number of piperazine rings is 1. The highest BCUT2D eigenvalue weighted by molar-refractivity contribution is 6.30. The van der Waals surface area contributed by atoms with Crippen LogP contribution in [0.5, 0.6) is 0 Å². The van der Waals surface area contributed by atoms with E-state index in [1.165, 1.54) is 18.4 Å². The second-order valence-corrected chi connectivity index (χ2v) is 7.48. The third-order valence-electron chi connectivity index (χ3n) is 5.17. The molecule has 1 fully saturated rings. The molecule has 0 aliphatic carbocycles. The number of aryl methyl sites for hydroxylation is 1. The van der Waals surface area contributed by atoms with Gasteiger partial charge in [0.15, 0.2) is 0 Å². The predicted molar refractivity (Wildman–Crippen MR) is 110 cm³/mol. The SMILES string of the molecule is O=C(CCc1conc1-c1cccc(F)c1)N1CCN(c2ccc(Cl)cc2)CC1. The fourth-order valence-corrected chi connectivity index (χ4v) is 3.70. The standard InChI is InChI=1S/C22H21ClFN3O2/c23-18-5-7-20(8-6-18)26-10-12-27(13-11-26)21(28)9-4-17-15-29-25-22(17)16-2-1-3-19(24)14-16/h1-3,5-8,14-15H,4,9-13H2. The zero-order valence-electron chi connectivity index (χ0n) is 15.9. The minimum atomic E-state index is -0.328. The average Bonchev–Trinajstić information content (AvgIpc) is 3.21. The van der Waals surface area contributed by atoms with Gasteiger partial charge in [-0.05, 0) is 42.8 Å². The summed E-state index contributed by atoms with van der Waals surface area (Å²) >= 11 is 5.95. The van der Waals surface area contributed by atoms with Crippen molar-refractivity contribution in [3.05, 3.63) is 71.2 Å². The smallest absolute Gasteiger partial charge is 0.223 e. The van der Waals surface area contributed by atoms with Gasteiger partial charge in [0.2, 0.25) is 5.91 Å². The van der Waals surface area contributed by atoms with Gasteiger partial charge in [-0.15, -0.1) is 0 Å². The molecule has 0 N–H and O–H groups in total. The van der Waals surface area contributed by atoms with Gasteiger partial charge in [-0.3, -0.25) is 4.79 Å². The van der Waals surface area contributed by atoms with Crippen LogP contribution in [0.15, 0.2) is 59.3 Å². The van der Waals surface area contributed by atoms with E-state index in [1.807, 2.05) is 29.2 Å². The highest BCUT2D eigenvalue weighted by Crippen LogP contribution is 2.24. The number of carbonyl (C=O) groups excluding carboxylic acids is 1. The van der Waals surface area contributed by atoms with Crippen LogP contribution in [0.25, 0.3) is 11.3 Å². The zero-order valence-corrected chi connectivity index (χ0v) is 16.6. The molecule has 2 heterocycles. The minimum Gasteiger partial charge on any atom is -0.368 e. The van der Waals surface area contributed by atoms with E-state index in [0.717, 1.165) is 24.3 Å². The zero-order chi connectivity index (χ0) is 20.2. The molecule has 0 radical (unpaired) electrons. The molecule has 1 saturated heterocycles. The van der Waals surface area contributed by atoms with Crippen molar-refractivity contribution in [2.75, 3.05) is 31.1 Å². The Balaban J connectivity index is 1.32. The van der Waals surface area contributed by atoms with Gasteiger partial charge in [0.1, 0.15) is 17.8 Å². The number of rotatable bonds is 5. The lowest BCUT2D eigenvalue weighted by atomic mass is 10.0. The van der Waals surface area contributed by atoms with Crippen LogP contribution in [0.3, 0.4) is 0 Å². The van der Waals surface area contributed by atoms with Crippen molar-refractivity contribution in [2.24, 2.45) is 0 Å². The van der Waals surface area contributed by atoms with Crippen LogP contribution in [0.4, 0.5) is 10.1 Å². The Kier molecular flexibility index (Phi) is 5.81. The average molecular weight is 414 g/mol. The fraction of sp³-hybridized carbons (Fsp3) is 0.273. The maximum absolute atomic E-state index is 13.5. The molecule has 0 bridgehead atoms. The molecule has 1 aromatic heterocycles. The van der Waals surface area contributed by atoms with Gasteiger partial charge in [0.05, 0.1) is 0 Å². The fourth-order valence-electron chi connectivity index (χ4n) is 3.57. The Bertz CT molecular complexity index is 982. The van der Waals surface area contributed by atoms with E-state index in [9.17, 15) is 9.18 Å². The largest absolute Gasteiger partial charge is 0.368 e. The van der Waals surface area contributed by atoms with Crippen LogP contribution < -0.4 is 4.90 Å². The first-order valence-corrected chi connectivity index (χ1v) is 9.95. The molecule has 0 saturated carbocycles. The Morgan fingerprint density at radius 1 is 1.10 bits per heavy atom. The van der Waals surface area contributed by atoms with Crippen LogP contribution in [-0.2, 0) is 11.2 Å². The van der Waals surface area contributed by atoms with Crippen molar-refractivity contribution < 1.29 is 13.7 Å². The number of benzene rings is 2. The summed E-state index contributed by atoms with van der Waals surface area (Å²) in [5, 5.41) is 4.70. The van der Waals surface area contributed by atoms with Crippen LogP contribution in [-0.4, -0.2) is 42.1 Å². The number of hydrogen-bond donors (Lipinski definition) is 0. The number of nitrogens with zero attached hydrogens (tertiary/aromatic N) is 3. The lowest BCUT2D eigenvalue weighted by Gasteiger charge is -2.36. The van der Waals surface area contributed by atoms with Crippen molar-refractivity contribution in [1.82, 2.24) is 10.1 Å². The third-order valence-corrected chi connectivity index (χ3v) is 5.43. The van der Waals surface area contributed by atoms with Gasteiger partial charge in [-0.2, -0.15) is 0 Å². The van der Waals surface area contributed by atoms with Crippen LogP contribution >= 0.6 is 11.6 Å². The van der Waals surface area contributed by atoms with Gasteiger partial charge in [0.25, 0.3) is 0 Å². The molecule has 1 aliphatic rings. The molecular weight excluding hydrogens is 393 g/mol. The summed E-state index contributed by atoms with van der Waals surface area (Å²) in [6, 6.07) is 14.0. The molecule has 0 unspecified atom stereocenters. The van der Waals surface area contributed by atoms with E-state index in [4.69, 9.17) is 16.1 Å². The van der Waals surface area contributed by atoms with E-state index in [0.29, 0.717) is 42.2 Å². The quantitative estimate of drug-likeness (QED) is 0.621. The molecular formula is C22H21ClFN3O2. The molecule has 2 aromatic carbocycles. The molecule has 5 nitrogen and oxygen atoms in total. The monoisotopic (exact) mass is 413 g/mol. The van der Waals surface area contributed by atoms with Gasteiger partial charge in [-0.25, -0.2) is 4.39 Å². The summed E-state index contributed by atoms with van der Waals surface area (Å²) in [5.74, 6) is -0.224. The van der Waals surface area contributed by atoms with Crippen molar-refractivity contribution in [2.45, 2.75) is 12.8 Å². The summed E-state index contributed by atoms with van der Waals surface area (Å²) < 4.78 is 18.6. The van der Waals surface area contributed by atoms with Crippen LogP contribution in [0, 0.1) is 5.82 Å². The Morgan fingerprint density at radius 3 is 2.59 bits per heavy atom. The molecule has 1 aliphatic heterocycles. The van der Waals surface area contributed by atoms with E-state index in [-0.39, 0.29) is 11.7 Å². The second kappa shape index (κ2) is 8.66. The summed E-state index contributed by atoms with van der Waals surface area (Å²) in [5.41, 5.74) is 3.16. The normalized spacial score (nSPS) is 14.3. The maximum atomic E-state index is 13.5. The predicted octanol–water partition coefficient (Wildman–Crippen LogP) is 4.42. The summed E-state index contributed by atoms with van der Waals surface area (Å²) in [6.45, 7) is 2.94. The Morgan fingerprint density at radius 2 is 1.86 bits per heavy atom. The summed E-state index contributed by atoms with van der Waals surface area (Å²) in [6.07, 6.45) is 2.40.